The molecule has 0 amide bonds. The van der Waals surface area contributed by atoms with E-state index >= 15 is 0 Å². The molecule has 18 heavy (non-hydrogen) atoms. The minimum Gasteiger partial charge on any atom is -0.453 e. The molecule has 0 saturated carbocycles. The first-order chi connectivity index (χ1) is 8.54. The number of halogens is 2. The van der Waals surface area contributed by atoms with Gasteiger partial charge in [0, 0.05) is 11.1 Å². The molecule has 1 aromatic carbocycles. The molecule has 1 aromatic heterocycles. The van der Waals surface area contributed by atoms with Gasteiger partial charge in [0.05, 0.1) is 12.3 Å². The fourth-order valence-corrected chi connectivity index (χ4v) is 2.48. The number of furan rings is 1. The molecule has 0 aliphatic heterocycles. The number of rotatable bonds is 3. The molecule has 96 valence electrons. The van der Waals surface area contributed by atoms with Gasteiger partial charge < -0.3 is 9.73 Å². The summed E-state index contributed by atoms with van der Waals surface area (Å²) in [6.45, 7) is 3.77. The summed E-state index contributed by atoms with van der Waals surface area (Å²) in [5.41, 5.74) is 3.14. The van der Waals surface area contributed by atoms with Crippen LogP contribution < -0.4 is 5.32 Å². The largest absolute Gasteiger partial charge is 0.453 e. The lowest BCUT2D eigenvalue weighted by atomic mass is 9.95. The number of hydrogen-bond donors (Lipinski definition) is 1. The van der Waals surface area contributed by atoms with Gasteiger partial charge in [-0.15, -0.1) is 0 Å². The highest BCUT2D eigenvalue weighted by atomic mass is 35.5. The monoisotopic (exact) mass is 267 g/mol. The van der Waals surface area contributed by atoms with E-state index in [1.165, 1.54) is 12.3 Å². The Morgan fingerprint density at radius 1 is 1.33 bits per heavy atom. The van der Waals surface area contributed by atoms with Crippen LogP contribution in [0.15, 0.2) is 28.9 Å². The van der Waals surface area contributed by atoms with Crippen molar-refractivity contribution < 1.29 is 8.81 Å². The van der Waals surface area contributed by atoms with Gasteiger partial charge in [-0.1, -0.05) is 6.07 Å². The van der Waals surface area contributed by atoms with Crippen molar-refractivity contribution in [2.45, 2.75) is 19.9 Å². The molecular formula is C14H15ClFNO. The van der Waals surface area contributed by atoms with Crippen molar-refractivity contribution in [2.24, 2.45) is 0 Å². The zero-order chi connectivity index (χ0) is 13.3. The third-order valence-corrected chi connectivity index (χ3v) is 3.32. The smallest absolute Gasteiger partial charge is 0.198 e. The van der Waals surface area contributed by atoms with E-state index in [0.29, 0.717) is 5.56 Å². The van der Waals surface area contributed by atoms with Crippen LogP contribution in [0, 0.1) is 19.7 Å². The summed E-state index contributed by atoms with van der Waals surface area (Å²) in [6, 6.07) is 4.93. The normalized spacial score (nSPS) is 12.7. The minimum atomic E-state index is -0.308. The predicted octanol–water partition coefficient (Wildman–Crippen LogP) is 4.00. The second-order valence-corrected chi connectivity index (χ2v) is 4.69. The first kappa shape index (κ1) is 13.1. The summed E-state index contributed by atoms with van der Waals surface area (Å²) in [6.07, 6.45) is 1.50. The molecule has 0 fully saturated rings. The van der Waals surface area contributed by atoms with Crippen LogP contribution in [0.2, 0.25) is 5.22 Å². The maximum atomic E-state index is 14.2. The van der Waals surface area contributed by atoms with Crippen molar-refractivity contribution in [1.82, 2.24) is 5.32 Å². The number of benzene rings is 1. The zero-order valence-electron chi connectivity index (χ0n) is 10.6. The van der Waals surface area contributed by atoms with Crippen LogP contribution in [0.3, 0.4) is 0 Å². The molecule has 0 spiro atoms. The molecule has 2 rings (SSSR count). The van der Waals surface area contributed by atoms with Crippen molar-refractivity contribution >= 4 is 11.6 Å². The second kappa shape index (κ2) is 5.12. The molecule has 0 radical (unpaired) electrons. The van der Waals surface area contributed by atoms with Gasteiger partial charge in [-0.05, 0) is 55.8 Å². The van der Waals surface area contributed by atoms with Gasteiger partial charge in [0.1, 0.15) is 5.82 Å². The maximum absolute atomic E-state index is 14.2. The van der Waals surface area contributed by atoms with E-state index in [-0.39, 0.29) is 17.1 Å². The van der Waals surface area contributed by atoms with Gasteiger partial charge in [-0.25, -0.2) is 4.39 Å². The molecule has 0 bridgehead atoms. The van der Waals surface area contributed by atoms with Crippen molar-refractivity contribution in [3.05, 3.63) is 57.8 Å². The zero-order valence-corrected chi connectivity index (χ0v) is 11.3. The summed E-state index contributed by atoms with van der Waals surface area (Å²) in [5.74, 6) is -0.232. The molecule has 0 aliphatic rings. The fourth-order valence-electron chi connectivity index (χ4n) is 2.26. The predicted molar refractivity (Wildman–Crippen MR) is 70.5 cm³/mol. The van der Waals surface area contributed by atoms with Gasteiger partial charge in [0.15, 0.2) is 5.22 Å². The average molecular weight is 268 g/mol. The van der Waals surface area contributed by atoms with Crippen LogP contribution in [0.1, 0.15) is 28.3 Å². The van der Waals surface area contributed by atoms with E-state index in [1.807, 2.05) is 19.9 Å². The lowest BCUT2D eigenvalue weighted by molar-refractivity contribution is 0.548. The van der Waals surface area contributed by atoms with Crippen molar-refractivity contribution in [3.63, 3.8) is 0 Å². The van der Waals surface area contributed by atoms with E-state index in [2.05, 4.69) is 5.32 Å². The van der Waals surface area contributed by atoms with E-state index < -0.39 is 0 Å². The molecular weight excluding hydrogens is 253 g/mol. The maximum Gasteiger partial charge on any atom is 0.198 e. The fraction of sp³-hybridized carbons (Fsp3) is 0.286. The van der Waals surface area contributed by atoms with Crippen LogP contribution in [-0.2, 0) is 0 Å². The standard InChI is InChI=1S/C14H15ClFNO/c1-8-6-9(2)12(11(16)7-8)13(17-3)10-4-5-18-14(10)15/h4-7,13,17H,1-3H3. The average Bonchev–Trinajstić information content (AvgIpc) is 2.69. The lowest BCUT2D eigenvalue weighted by Gasteiger charge is -2.19. The Hall–Kier alpha value is -1.32. The third kappa shape index (κ3) is 2.28. The van der Waals surface area contributed by atoms with E-state index in [9.17, 15) is 4.39 Å². The highest BCUT2D eigenvalue weighted by molar-refractivity contribution is 6.29. The summed E-state index contributed by atoms with van der Waals surface area (Å²) >= 11 is 5.97. The number of nitrogens with one attached hydrogen (secondary N) is 1. The van der Waals surface area contributed by atoms with Gasteiger partial charge in [-0.3, -0.25) is 0 Å². The van der Waals surface area contributed by atoms with Crippen molar-refractivity contribution in [3.8, 4) is 0 Å². The molecule has 1 heterocycles. The molecule has 0 saturated heterocycles. The highest BCUT2D eigenvalue weighted by Gasteiger charge is 2.22. The SMILES string of the molecule is CNC(c1ccoc1Cl)c1c(C)cc(C)cc1F. The van der Waals surface area contributed by atoms with Crippen LogP contribution in [0.5, 0.6) is 0 Å². The lowest BCUT2D eigenvalue weighted by Crippen LogP contribution is -2.20. The molecule has 1 atom stereocenters. The van der Waals surface area contributed by atoms with Crippen LogP contribution >= 0.6 is 11.6 Å². The first-order valence-electron chi connectivity index (χ1n) is 5.71. The van der Waals surface area contributed by atoms with Crippen LogP contribution in [0.4, 0.5) is 4.39 Å². The Kier molecular flexibility index (Phi) is 3.73. The third-order valence-electron chi connectivity index (χ3n) is 3.02. The second-order valence-electron chi connectivity index (χ2n) is 4.35. The molecule has 4 heteroatoms. The topological polar surface area (TPSA) is 25.2 Å². The van der Waals surface area contributed by atoms with E-state index in [1.54, 1.807) is 13.1 Å². The molecule has 2 nitrogen and oxygen atoms in total. The van der Waals surface area contributed by atoms with Crippen molar-refractivity contribution in [2.75, 3.05) is 7.05 Å². The van der Waals surface area contributed by atoms with Gasteiger partial charge in [-0.2, -0.15) is 0 Å². The summed E-state index contributed by atoms with van der Waals surface area (Å²) in [5, 5.41) is 3.36. The van der Waals surface area contributed by atoms with E-state index in [0.717, 1.165) is 16.7 Å². The summed E-state index contributed by atoms with van der Waals surface area (Å²) in [4.78, 5) is 0. The Bertz CT molecular complexity index is 542. The number of hydrogen-bond acceptors (Lipinski definition) is 2. The Labute approximate surface area is 111 Å². The highest BCUT2D eigenvalue weighted by Crippen LogP contribution is 2.32. The van der Waals surface area contributed by atoms with Gasteiger partial charge >= 0.3 is 0 Å². The van der Waals surface area contributed by atoms with Crippen LogP contribution in [-0.4, -0.2) is 7.05 Å². The quantitative estimate of drug-likeness (QED) is 0.909. The Morgan fingerprint density at radius 3 is 2.56 bits per heavy atom. The molecule has 0 aliphatic carbocycles. The molecule has 1 unspecified atom stereocenters. The molecule has 2 aromatic rings. The Balaban J connectivity index is 2.56. The van der Waals surface area contributed by atoms with Gasteiger partial charge in [0.25, 0.3) is 0 Å². The van der Waals surface area contributed by atoms with Gasteiger partial charge in [0.2, 0.25) is 0 Å². The summed E-state index contributed by atoms with van der Waals surface area (Å²) < 4.78 is 19.2. The van der Waals surface area contributed by atoms with Crippen LogP contribution in [0.25, 0.3) is 0 Å². The number of aryl methyl sites for hydroxylation is 2. The first-order valence-corrected chi connectivity index (χ1v) is 6.09. The Morgan fingerprint density at radius 2 is 2.06 bits per heavy atom. The van der Waals surface area contributed by atoms with Crippen molar-refractivity contribution in [1.29, 1.82) is 0 Å². The molecule has 1 N–H and O–H groups in total. The summed E-state index contributed by atoms with van der Waals surface area (Å²) in [7, 11) is 1.77. The van der Waals surface area contributed by atoms with E-state index in [4.69, 9.17) is 16.0 Å². The minimum absolute atomic E-state index is 0.232.